The molecule has 2 aliphatic rings. The van der Waals surface area contributed by atoms with Crippen molar-refractivity contribution in [1.29, 1.82) is 0 Å². The minimum atomic E-state index is -0.432. The molecule has 1 atom stereocenters. The Morgan fingerprint density at radius 1 is 1.28 bits per heavy atom. The third-order valence-corrected chi connectivity index (χ3v) is 5.53. The third kappa shape index (κ3) is 4.36. The highest BCUT2D eigenvalue weighted by Crippen LogP contribution is 2.29. The number of ether oxygens (including phenoxy) is 1. The van der Waals surface area contributed by atoms with Crippen LogP contribution in [0.2, 0.25) is 5.02 Å². The number of esters is 1. The second-order valence-electron chi connectivity index (χ2n) is 7.40. The first kappa shape index (κ1) is 19.7. The molecule has 0 unspecified atom stereocenters. The maximum Gasteiger partial charge on any atom is 0.315 e. The Balaban J connectivity index is 1.33. The molecule has 0 aromatic heterocycles. The second-order valence-corrected chi connectivity index (χ2v) is 7.80. The lowest BCUT2D eigenvalue weighted by atomic mass is 10.1. The lowest BCUT2D eigenvalue weighted by Gasteiger charge is -2.41. The van der Waals surface area contributed by atoms with Crippen molar-refractivity contribution in [2.24, 2.45) is 0 Å². The van der Waals surface area contributed by atoms with Crippen LogP contribution >= 0.6 is 11.6 Å². The monoisotopic (exact) mass is 417 g/mol. The Morgan fingerprint density at radius 3 is 2.86 bits per heavy atom. The maximum absolute atomic E-state index is 13.8. The zero-order chi connectivity index (χ0) is 20.5. The Bertz CT molecular complexity index is 968. The number of nitrogens with zero attached hydrogens (tertiary/aromatic N) is 2. The van der Waals surface area contributed by atoms with Gasteiger partial charge in [0.2, 0.25) is 5.91 Å². The van der Waals surface area contributed by atoms with Crippen molar-refractivity contribution >= 4 is 34.9 Å². The maximum atomic E-state index is 13.8. The summed E-state index contributed by atoms with van der Waals surface area (Å²) in [5.74, 6) is -0.341. The van der Waals surface area contributed by atoms with Crippen LogP contribution in [0.5, 0.6) is 5.75 Å². The molecule has 0 bridgehead atoms. The van der Waals surface area contributed by atoms with Gasteiger partial charge in [0.25, 0.3) is 0 Å². The first-order valence-electron chi connectivity index (χ1n) is 9.46. The smallest absolute Gasteiger partial charge is 0.315 e. The molecule has 0 radical (unpaired) electrons. The topological polar surface area (TPSA) is 61.9 Å². The van der Waals surface area contributed by atoms with E-state index in [1.807, 2.05) is 13.0 Å². The van der Waals surface area contributed by atoms with Crippen LogP contribution in [-0.2, 0) is 16.0 Å². The van der Waals surface area contributed by atoms with Gasteiger partial charge in [0.1, 0.15) is 11.6 Å². The van der Waals surface area contributed by atoms with Gasteiger partial charge in [-0.05, 0) is 31.2 Å². The van der Waals surface area contributed by atoms with E-state index in [9.17, 15) is 14.0 Å². The van der Waals surface area contributed by atoms with Gasteiger partial charge in [0, 0.05) is 48.7 Å². The molecule has 2 aromatic rings. The molecular weight excluding hydrogens is 397 g/mol. The molecule has 2 aliphatic heterocycles. The number of carbonyl (C=O) groups is 2. The molecule has 0 saturated carbocycles. The summed E-state index contributed by atoms with van der Waals surface area (Å²) in [5, 5.41) is 2.96. The first-order valence-corrected chi connectivity index (χ1v) is 9.84. The Hall–Kier alpha value is -2.64. The molecule has 0 spiro atoms. The summed E-state index contributed by atoms with van der Waals surface area (Å²) in [5.41, 5.74) is 2.22. The quantitative estimate of drug-likeness (QED) is 0.612. The van der Waals surface area contributed by atoms with E-state index in [-0.39, 0.29) is 35.9 Å². The lowest BCUT2D eigenvalue weighted by Crippen LogP contribution is -2.53. The largest absolute Gasteiger partial charge is 0.426 e. The van der Waals surface area contributed by atoms with Crippen molar-refractivity contribution in [1.82, 2.24) is 4.90 Å². The van der Waals surface area contributed by atoms with Gasteiger partial charge in [-0.3, -0.25) is 14.5 Å². The average Bonchev–Trinajstić information content (AvgIpc) is 3.03. The predicted molar refractivity (Wildman–Crippen MR) is 109 cm³/mol. The highest BCUT2D eigenvalue weighted by atomic mass is 35.5. The Labute approximate surface area is 173 Å². The minimum absolute atomic E-state index is 0.109. The van der Waals surface area contributed by atoms with Gasteiger partial charge in [-0.15, -0.1) is 0 Å². The van der Waals surface area contributed by atoms with Crippen LogP contribution in [0.1, 0.15) is 12.5 Å². The van der Waals surface area contributed by atoms with Crippen LogP contribution in [0.4, 0.5) is 15.8 Å². The zero-order valence-electron chi connectivity index (χ0n) is 16.0. The van der Waals surface area contributed by atoms with Gasteiger partial charge in [0.15, 0.2) is 0 Å². The van der Waals surface area contributed by atoms with E-state index in [1.165, 1.54) is 6.07 Å². The first-order chi connectivity index (χ1) is 13.9. The summed E-state index contributed by atoms with van der Waals surface area (Å²) in [6.45, 7) is 4.35. The van der Waals surface area contributed by atoms with Gasteiger partial charge in [0.05, 0.1) is 18.0 Å². The van der Waals surface area contributed by atoms with Gasteiger partial charge < -0.3 is 15.0 Å². The number of hydrogen-bond acceptors (Lipinski definition) is 5. The summed E-state index contributed by atoms with van der Waals surface area (Å²) >= 11 is 5.77. The van der Waals surface area contributed by atoms with Crippen molar-refractivity contribution in [3.8, 4) is 5.75 Å². The molecule has 8 heteroatoms. The van der Waals surface area contributed by atoms with Crippen molar-refractivity contribution in [2.75, 3.05) is 36.4 Å². The lowest BCUT2D eigenvalue weighted by molar-refractivity contribution is -0.131. The fraction of sp³-hybridized carbons (Fsp3) is 0.333. The molecular formula is C21H21ClFN3O3. The van der Waals surface area contributed by atoms with Crippen LogP contribution in [0.3, 0.4) is 0 Å². The molecule has 1 saturated heterocycles. The highest BCUT2D eigenvalue weighted by molar-refractivity contribution is 6.30. The predicted octanol–water partition coefficient (Wildman–Crippen LogP) is 3.09. The number of hydrogen-bond donors (Lipinski definition) is 1. The van der Waals surface area contributed by atoms with E-state index in [0.717, 1.165) is 11.3 Å². The summed E-state index contributed by atoms with van der Waals surface area (Å²) in [6.07, 6.45) is 0.267. The number of halogens is 2. The van der Waals surface area contributed by atoms with E-state index in [4.69, 9.17) is 16.3 Å². The number of amides is 1. The zero-order valence-corrected chi connectivity index (χ0v) is 16.7. The highest BCUT2D eigenvalue weighted by Gasteiger charge is 2.26. The van der Waals surface area contributed by atoms with Crippen molar-refractivity contribution in [3.63, 3.8) is 0 Å². The molecule has 2 heterocycles. The number of carbonyl (C=O) groups excluding carboxylic acids is 2. The summed E-state index contributed by atoms with van der Waals surface area (Å²) < 4.78 is 18.9. The van der Waals surface area contributed by atoms with Gasteiger partial charge in [-0.25, -0.2) is 4.39 Å². The average molecular weight is 418 g/mol. The molecule has 1 amide bonds. The second kappa shape index (κ2) is 8.00. The molecule has 0 aliphatic carbocycles. The fourth-order valence-electron chi connectivity index (χ4n) is 3.82. The normalized spacial score (nSPS) is 19.1. The number of fused-ring (bicyclic) bond motifs is 1. The van der Waals surface area contributed by atoms with Gasteiger partial charge >= 0.3 is 5.97 Å². The Morgan fingerprint density at radius 2 is 2.10 bits per heavy atom. The third-order valence-electron chi connectivity index (χ3n) is 5.22. The van der Waals surface area contributed by atoms with E-state index < -0.39 is 5.82 Å². The molecule has 152 valence electrons. The van der Waals surface area contributed by atoms with Gasteiger partial charge in [-0.2, -0.15) is 0 Å². The standard InChI is InChI=1S/C21H21ClFN3O3/c1-13-11-25(6-7-26(13)16-4-5-17(22)18(23)10-16)12-20(27)24-15-3-2-14-8-21(28)29-19(14)9-15/h2-5,9-10,13H,6-8,11-12H2,1H3,(H,24,27)/t13-/m1/s1. The van der Waals surface area contributed by atoms with E-state index in [1.54, 1.807) is 24.3 Å². The number of rotatable bonds is 4. The van der Waals surface area contributed by atoms with E-state index in [2.05, 4.69) is 15.1 Å². The van der Waals surface area contributed by atoms with E-state index in [0.29, 0.717) is 31.1 Å². The van der Waals surface area contributed by atoms with E-state index >= 15 is 0 Å². The van der Waals surface area contributed by atoms with Crippen molar-refractivity contribution in [3.05, 3.63) is 52.8 Å². The Kier molecular flexibility index (Phi) is 5.43. The van der Waals surface area contributed by atoms with Crippen LogP contribution in [0.15, 0.2) is 36.4 Å². The van der Waals surface area contributed by atoms with Crippen molar-refractivity contribution in [2.45, 2.75) is 19.4 Å². The molecule has 1 N–H and O–H groups in total. The minimum Gasteiger partial charge on any atom is -0.426 e. The number of piperazine rings is 1. The molecule has 6 nitrogen and oxygen atoms in total. The molecule has 2 aromatic carbocycles. The molecule has 4 rings (SSSR count). The van der Waals surface area contributed by atoms with Crippen molar-refractivity contribution < 1.29 is 18.7 Å². The van der Waals surface area contributed by atoms with Crippen LogP contribution in [0, 0.1) is 5.82 Å². The number of anilines is 2. The summed E-state index contributed by atoms with van der Waals surface area (Å²) in [6, 6.07) is 10.2. The summed E-state index contributed by atoms with van der Waals surface area (Å²) in [4.78, 5) is 28.0. The van der Waals surface area contributed by atoms with Crippen LogP contribution in [0.25, 0.3) is 0 Å². The van der Waals surface area contributed by atoms with Crippen LogP contribution < -0.4 is 15.0 Å². The summed E-state index contributed by atoms with van der Waals surface area (Å²) in [7, 11) is 0. The van der Waals surface area contributed by atoms with Crippen LogP contribution in [-0.4, -0.2) is 49.0 Å². The van der Waals surface area contributed by atoms with Gasteiger partial charge in [-0.1, -0.05) is 17.7 Å². The number of benzene rings is 2. The molecule has 1 fully saturated rings. The number of nitrogens with one attached hydrogen (secondary N) is 1. The molecule has 29 heavy (non-hydrogen) atoms. The fourth-order valence-corrected chi connectivity index (χ4v) is 3.93. The SMILES string of the molecule is C[C@@H]1CN(CC(=O)Nc2ccc3c(c2)OC(=O)C3)CCN1c1ccc(Cl)c(F)c1.